The highest BCUT2D eigenvalue weighted by molar-refractivity contribution is 5.99. The Bertz CT molecular complexity index is 1310. The van der Waals surface area contributed by atoms with E-state index in [0.29, 0.717) is 42.8 Å². The summed E-state index contributed by atoms with van der Waals surface area (Å²) < 4.78 is 19.9. The standard InChI is InChI=1S/C29H28FN3O4.ClH/c30-24-10-6-23(7-11-24)19-32-16-14-29(15-17-32)33(20-22-4-2-1-3-5-22)28(35)25-18-21(8-12-26(25)37-29)9-13-27(34)31-36;/h1-13,18,36H,14-17,19-20H2,(H,31,34);1H/b13-9+;. The molecule has 2 aliphatic rings. The number of carbonyl (C=O) groups excluding carboxylic acids is 2. The Morgan fingerprint density at radius 3 is 2.37 bits per heavy atom. The Kier molecular flexibility index (Phi) is 8.46. The zero-order valence-corrected chi connectivity index (χ0v) is 21.5. The van der Waals surface area contributed by atoms with Crippen molar-refractivity contribution in [1.29, 1.82) is 0 Å². The first kappa shape index (κ1) is 27.3. The van der Waals surface area contributed by atoms with Gasteiger partial charge in [0.1, 0.15) is 11.6 Å². The van der Waals surface area contributed by atoms with Gasteiger partial charge in [-0.25, -0.2) is 9.87 Å². The van der Waals surface area contributed by atoms with Gasteiger partial charge in [-0.3, -0.25) is 24.6 Å². The SMILES string of the molecule is Cl.O=C(/C=C/c1ccc2c(c1)C(=O)N(Cc1ccccc1)C1(CCN(Cc3ccc(F)cc3)CC1)O2)NO. The lowest BCUT2D eigenvalue weighted by Gasteiger charge is -2.51. The second kappa shape index (κ2) is 11.8. The van der Waals surface area contributed by atoms with Crippen LogP contribution in [0, 0.1) is 5.82 Å². The molecule has 7 nitrogen and oxygen atoms in total. The number of rotatable bonds is 6. The van der Waals surface area contributed by atoms with E-state index in [1.165, 1.54) is 24.3 Å². The lowest BCUT2D eigenvalue weighted by Crippen LogP contribution is -2.62. The van der Waals surface area contributed by atoms with Crippen LogP contribution in [-0.2, 0) is 17.9 Å². The van der Waals surface area contributed by atoms with Gasteiger partial charge in [0, 0.05) is 45.1 Å². The number of fused-ring (bicyclic) bond motifs is 1. The molecule has 198 valence electrons. The van der Waals surface area contributed by atoms with E-state index in [1.807, 2.05) is 35.2 Å². The summed E-state index contributed by atoms with van der Waals surface area (Å²) in [6.07, 6.45) is 3.98. The molecule has 2 N–H and O–H groups in total. The van der Waals surface area contributed by atoms with E-state index in [-0.39, 0.29) is 24.1 Å². The number of ether oxygens (including phenoxy) is 1. The van der Waals surface area contributed by atoms with E-state index >= 15 is 0 Å². The molecular weight excluding hydrogens is 509 g/mol. The molecule has 0 saturated carbocycles. The monoisotopic (exact) mass is 537 g/mol. The number of benzene rings is 3. The molecule has 0 aliphatic carbocycles. The van der Waals surface area contributed by atoms with E-state index in [4.69, 9.17) is 9.94 Å². The molecule has 2 aliphatic heterocycles. The molecule has 38 heavy (non-hydrogen) atoms. The summed E-state index contributed by atoms with van der Waals surface area (Å²) in [5.74, 6) is -0.512. The van der Waals surface area contributed by atoms with Gasteiger partial charge in [0.15, 0.2) is 5.72 Å². The number of hydrogen-bond donors (Lipinski definition) is 2. The van der Waals surface area contributed by atoms with Crippen LogP contribution in [0.3, 0.4) is 0 Å². The van der Waals surface area contributed by atoms with E-state index < -0.39 is 11.6 Å². The van der Waals surface area contributed by atoms with Gasteiger partial charge < -0.3 is 4.74 Å². The van der Waals surface area contributed by atoms with Crippen LogP contribution in [0.5, 0.6) is 5.75 Å². The van der Waals surface area contributed by atoms with E-state index in [0.717, 1.165) is 24.2 Å². The smallest absolute Gasteiger partial charge is 0.267 e. The van der Waals surface area contributed by atoms with Crippen LogP contribution in [0.25, 0.3) is 6.08 Å². The van der Waals surface area contributed by atoms with Crippen molar-refractivity contribution < 1.29 is 23.9 Å². The molecule has 0 bridgehead atoms. The zero-order valence-electron chi connectivity index (χ0n) is 20.7. The first-order chi connectivity index (χ1) is 18.0. The van der Waals surface area contributed by atoms with Crippen molar-refractivity contribution in [3.8, 4) is 5.75 Å². The Balaban J connectivity index is 0.00000336. The van der Waals surface area contributed by atoms with Crippen molar-refractivity contribution >= 4 is 30.3 Å². The van der Waals surface area contributed by atoms with Crippen LogP contribution in [0.1, 0.15) is 39.9 Å². The number of halogens is 2. The second-order valence-corrected chi connectivity index (χ2v) is 9.39. The summed E-state index contributed by atoms with van der Waals surface area (Å²) in [5, 5.41) is 8.72. The largest absolute Gasteiger partial charge is 0.467 e. The second-order valence-electron chi connectivity index (χ2n) is 9.39. The number of piperidine rings is 1. The molecule has 0 atom stereocenters. The quantitative estimate of drug-likeness (QED) is 0.268. The van der Waals surface area contributed by atoms with Gasteiger partial charge in [-0.1, -0.05) is 48.5 Å². The van der Waals surface area contributed by atoms with Crippen molar-refractivity contribution in [2.24, 2.45) is 0 Å². The highest BCUT2D eigenvalue weighted by Gasteiger charge is 2.48. The first-order valence-corrected chi connectivity index (χ1v) is 12.2. The number of carbonyl (C=O) groups is 2. The van der Waals surface area contributed by atoms with Gasteiger partial charge in [-0.05, 0) is 47.0 Å². The van der Waals surface area contributed by atoms with Gasteiger partial charge in [0.2, 0.25) is 0 Å². The molecular formula is C29H29ClFN3O4. The maximum atomic E-state index is 13.9. The Morgan fingerprint density at radius 2 is 1.68 bits per heavy atom. The zero-order chi connectivity index (χ0) is 25.8. The lowest BCUT2D eigenvalue weighted by atomic mass is 9.93. The molecule has 3 aromatic carbocycles. The number of likely N-dealkylation sites (tertiary alicyclic amines) is 1. The number of nitrogens with one attached hydrogen (secondary N) is 1. The summed E-state index contributed by atoms with van der Waals surface area (Å²) in [7, 11) is 0. The van der Waals surface area contributed by atoms with Crippen LogP contribution < -0.4 is 10.2 Å². The summed E-state index contributed by atoms with van der Waals surface area (Å²) in [6.45, 7) is 2.56. The average molecular weight is 538 g/mol. The fraction of sp³-hybridized carbons (Fsp3) is 0.241. The highest BCUT2D eigenvalue weighted by Crippen LogP contribution is 2.41. The van der Waals surface area contributed by atoms with Crippen LogP contribution in [0.4, 0.5) is 4.39 Å². The molecule has 1 spiro atoms. The molecule has 2 heterocycles. The number of hydrogen-bond acceptors (Lipinski definition) is 5. The topological polar surface area (TPSA) is 82.1 Å². The molecule has 1 fully saturated rings. The van der Waals surface area contributed by atoms with Crippen molar-refractivity contribution in [2.75, 3.05) is 13.1 Å². The van der Waals surface area contributed by atoms with Crippen molar-refractivity contribution in [2.45, 2.75) is 31.7 Å². The Morgan fingerprint density at radius 1 is 1.00 bits per heavy atom. The Hall–Kier alpha value is -3.72. The third-order valence-corrected chi connectivity index (χ3v) is 6.95. The van der Waals surface area contributed by atoms with Gasteiger partial charge >= 0.3 is 0 Å². The van der Waals surface area contributed by atoms with Crippen molar-refractivity contribution in [1.82, 2.24) is 15.3 Å². The minimum atomic E-state index is -0.784. The first-order valence-electron chi connectivity index (χ1n) is 12.2. The van der Waals surface area contributed by atoms with Gasteiger partial charge in [0.25, 0.3) is 11.8 Å². The van der Waals surface area contributed by atoms with Gasteiger partial charge in [-0.15, -0.1) is 12.4 Å². The molecule has 1 saturated heterocycles. The molecule has 2 amide bonds. The van der Waals surface area contributed by atoms with E-state index in [1.54, 1.807) is 35.8 Å². The average Bonchev–Trinajstić information content (AvgIpc) is 2.93. The van der Waals surface area contributed by atoms with Crippen molar-refractivity contribution in [3.05, 3.63) is 107 Å². The fourth-order valence-corrected chi connectivity index (χ4v) is 4.97. The predicted octanol–water partition coefficient (Wildman–Crippen LogP) is 4.79. The predicted molar refractivity (Wildman–Crippen MR) is 143 cm³/mol. The number of amides is 2. The summed E-state index contributed by atoms with van der Waals surface area (Å²) in [4.78, 5) is 29.4. The van der Waals surface area contributed by atoms with Crippen LogP contribution in [0.2, 0.25) is 0 Å². The van der Waals surface area contributed by atoms with E-state index in [2.05, 4.69) is 4.90 Å². The number of nitrogens with zero attached hydrogens (tertiary/aromatic N) is 2. The van der Waals surface area contributed by atoms with Crippen LogP contribution >= 0.6 is 12.4 Å². The molecule has 0 radical (unpaired) electrons. The third-order valence-electron chi connectivity index (χ3n) is 6.95. The van der Waals surface area contributed by atoms with Crippen molar-refractivity contribution in [3.63, 3.8) is 0 Å². The van der Waals surface area contributed by atoms with E-state index in [9.17, 15) is 14.0 Å². The maximum absolute atomic E-state index is 13.9. The molecule has 9 heteroatoms. The highest BCUT2D eigenvalue weighted by atomic mass is 35.5. The third kappa shape index (κ3) is 5.88. The normalized spacial score (nSPS) is 16.6. The minimum Gasteiger partial charge on any atom is -0.467 e. The van der Waals surface area contributed by atoms with Crippen LogP contribution in [0.15, 0.2) is 78.9 Å². The summed E-state index contributed by atoms with van der Waals surface area (Å²) in [5.41, 5.74) is 3.89. The van der Waals surface area contributed by atoms with Crippen LogP contribution in [-0.4, -0.2) is 45.6 Å². The summed E-state index contributed by atoms with van der Waals surface area (Å²) in [6, 6.07) is 21.6. The van der Waals surface area contributed by atoms with Gasteiger partial charge in [0.05, 0.1) is 5.56 Å². The fourth-order valence-electron chi connectivity index (χ4n) is 4.97. The molecule has 0 aromatic heterocycles. The van der Waals surface area contributed by atoms with Gasteiger partial charge in [-0.2, -0.15) is 0 Å². The Labute approximate surface area is 226 Å². The molecule has 3 aromatic rings. The maximum Gasteiger partial charge on any atom is 0.267 e. The number of hydroxylamine groups is 1. The lowest BCUT2D eigenvalue weighted by molar-refractivity contribution is -0.124. The molecule has 0 unspecified atom stereocenters. The minimum absolute atomic E-state index is 0. The summed E-state index contributed by atoms with van der Waals surface area (Å²) >= 11 is 0. The molecule has 5 rings (SSSR count).